The summed E-state index contributed by atoms with van der Waals surface area (Å²) < 4.78 is 16.8. The van der Waals surface area contributed by atoms with Crippen LogP contribution in [0, 0.1) is 0 Å². The Kier molecular flexibility index (Phi) is 7.38. The molecule has 2 amide bonds. The fourth-order valence-corrected chi connectivity index (χ4v) is 3.76. The second kappa shape index (κ2) is 9.99. The maximum Gasteiger partial charge on any atom is 0.255 e. The summed E-state index contributed by atoms with van der Waals surface area (Å²) >= 11 is 0. The molecule has 1 aromatic carbocycles. The minimum Gasteiger partial charge on any atom is -0.493 e. The summed E-state index contributed by atoms with van der Waals surface area (Å²) in [5, 5.41) is 13.7. The number of aliphatic hydroxyl groups is 1. The number of ether oxygens (including phenoxy) is 3. The van der Waals surface area contributed by atoms with Gasteiger partial charge in [0.1, 0.15) is 0 Å². The van der Waals surface area contributed by atoms with Gasteiger partial charge in [-0.05, 0) is 37.9 Å². The lowest BCUT2D eigenvalue weighted by molar-refractivity contribution is -0.118. The number of carbonyl (C=O) groups excluding carboxylic acids is 2. The highest BCUT2D eigenvalue weighted by Crippen LogP contribution is 2.41. The zero-order valence-electron chi connectivity index (χ0n) is 17.4. The maximum atomic E-state index is 12.8. The van der Waals surface area contributed by atoms with E-state index in [1.165, 1.54) is 0 Å². The molecule has 0 aromatic heterocycles. The first-order chi connectivity index (χ1) is 14.4. The van der Waals surface area contributed by atoms with Crippen LogP contribution in [-0.2, 0) is 4.79 Å². The average molecular weight is 421 g/mol. The molecule has 0 bridgehead atoms. The van der Waals surface area contributed by atoms with Gasteiger partial charge in [-0.25, -0.2) is 0 Å². The highest BCUT2D eigenvalue weighted by atomic mass is 16.5. The van der Waals surface area contributed by atoms with Crippen LogP contribution in [0.25, 0.3) is 0 Å². The summed E-state index contributed by atoms with van der Waals surface area (Å²) in [6.45, 7) is 3.30. The molecule has 2 aliphatic rings. The molecule has 0 spiro atoms. The molecule has 9 nitrogen and oxygen atoms in total. The number of nitrogens with zero attached hydrogens (tertiary/aromatic N) is 1. The van der Waals surface area contributed by atoms with Crippen molar-refractivity contribution in [2.75, 3.05) is 46.5 Å². The molecule has 0 unspecified atom stereocenters. The summed E-state index contributed by atoms with van der Waals surface area (Å²) in [4.78, 5) is 25.9. The number of benzene rings is 1. The Bertz CT molecular complexity index is 761. The van der Waals surface area contributed by atoms with Gasteiger partial charge in [-0.3, -0.25) is 9.59 Å². The predicted octanol–water partition coefficient (Wildman–Crippen LogP) is 0.679. The number of methoxy groups -OCH3 is 1. The molecule has 1 aromatic rings. The molecule has 30 heavy (non-hydrogen) atoms. The van der Waals surface area contributed by atoms with E-state index in [-0.39, 0.29) is 18.4 Å². The molecule has 0 aliphatic carbocycles. The topological polar surface area (TPSA) is 123 Å². The number of carbonyl (C=O) groups is 2. The van der Waals surface area contributed by atoms with Crippen LogP contribution in [0.5, 0.6) is 17.2 Å². The molecule has 0 radical (unpaired) electrons. The summed E-state index contributed by atoms with van der Waals surface area (Å²) in [7, 11) is 1.54. The van der Waals surface area contributed by atoms with Crippen LogP contribution < -0.4 is 25.3 Å². The maximum absolute atomic E-state index is 12.8. The van der Waals surface area contributed by atoms with Crippen LogP contribution in [-0.4, -0.2) is 73.9 Å². The van der Waals surface area contributed by atoms with E-state index in [9.17, 15) is 14.7 Å². The largest absolute Gasteiger partial charge is 0.493 e. The van der Waals surface area contributed by atoms with Crippen molar-refractivity contribution in [1.29, 1.82) is 0 Å². The lowest BCUT2D eigenvalue weighted by Gasteiger charge is -2.38. The molecule has 166 valence electrons. The van der Waals surface area contributed by atoms with Crippen LogP contribution in [0.3, 0.4) is 0 Å². The molecule has 4 N–H and O–H groups in total. The minimum atomic E-state index is -0.962. The van der Waals surface area contributed by atoms with Crippen molar-refractivity contribution in [2.24, 2.45) is 5.73 Å². The summed E-state index contributed by atoms with van der Waals surface area (Å²) in [5.74, 6) is 0.714. The number of primary amides is 1. The van der Waals surface area contributed by atoms with Gasteiger partial charge in [-0.2, -0.15) is 0 Å². The Morgan fingerprint density at radius 2 is 1.93 bits per heavy atom. The monoisotopic (exact) mass is 421 g/mol. The number of hydrogen-bond donors (Lipinski definition) is 3. The van der Waals surface area contributed by atoms with E-state index in [1.807, 2.05) is 0 Å². The third kappa shape index (κ3) is 5.54. The minimum absolute atomic E-state index is 0.155. The fraction of sp³-hybridized carbons (Fsp3) is 0.619. The SMILES string of the molecule is COc1ccc(C(=O)NCC2(O)CCN(CCCC(N)=O)CC2)c2c1OCCCO2. The van der Waals surface area contributed by atoms with Gasteiger partial charge in [0, 0.05) is 32.5 Å². The normalized spacial score (nSPS) is 18.3. The van der Waals surface area contributed by atoms with Crippen LogP contribution >= 0.6 is 0 Å². The fourth-order valence-electron chi connectivity index (χ4n) is 3.76. The smallest absolute Gasteiger partial charge is 0.255 e. The van der Waals surface area contributed by atoms with Gasteiger partial charge in [0.05, 0.1) is 31.5 Å². The Hall–Kier alpha value is -2.52. The van der Waals surface area contributed by atoms with Crippen molar-refractivity contribution in [1.82, 2.24) is 10.2 Å². The van der Waals surface area contributed by atoms with Gasteiger partial charge in [-0.1, -0.05) is 0 Å². The van der Waals surface area contributed by atoms with E-state index >= 15 is 0 Å². The third-order valence-corrected chi connectivity index (χ3v) is 5.58. The van der Waals surface area contributed by atoms with E-state index < -0.39 is 5.60 Å². The van der Waals surface area contributed by atoms with E-state index in [2.05, 4.69) is 10.2 Å². The molecule has 3 rings (SSSR count). The molecular weight excluding hydrogens is 390 g/mol. The van der Waals surface area contributed by atoms with Gasteiger partial charge in [0.25, 0.3) is 5.91 Å². The first-order valence-corrected chi connectivity index (χ1v) is 10.4. The van der Waals surface area contributed by atoms with Crippen LogP contribution in [0.4, 0.5) is 0 Å². The second-order valence-corrected chi connectivity index (χ2v) is 7.84. The standard InChI is InChI=1S/C21H31N3O6/c1-28-16-6-5-15(18-19(16)30-13-3-12-29-18)20(26)23-14-21(27)7-10-24(11-8-21)9-2-4-17(22)25/h5-6,27H,2-4,7-14H2,1H3,(H2,22,25)(H,23,26). The first kappa shape index (κ1) is 22.2. The van der Waals surface area contributed by atoms with Gasteiger partial charge < -0.3 is 35.3 Å². The molecule has 1 fully saturated rings. The van der Waals surface area contributed by atoms with Crippen molar-refractivity contribution < 1.29 is 28.9 Å². The number of likely N-dealkylation sites (tertiary alicyclic amines) is 1. The van der Waals surface area contributed by atoms with Gasteiger partial charge in [-0.15, -0.1) is 0 Å². The number of nitrogens with two attached hydrogens (primary N) is 1. The molecule has 2 aliphatic heterocycles. The number of hydrogen-bond acceptors (Lipinski definition) is 7. The van der Waals surface area contributed by atoms with Crippen molar-refractivity contribution in [3.05, 3.63) is 17.7 Å². The Balaban J connectivity index is 1.56. The second-order valence-electron chi connectivity index (χ2n) is 7.84. The lowest BCUT2D eigenvalue weighted by Crippen LogP contribution is -2.51. The van der Waals surface area contributed by atoms with Gasteiger partial charge >= 0.3 is 0 Å². The number of nitrogens with one attached hydrogen (secondary N) is 1. The first-order valence-electron chi connectivity index (χ1n) is 10.4. The molecule has 2 heterocycles. The Morgan fingerprint density at radius 1 is 1.23 bits per heavy atom. The summed E-state index contributed by atoms with van der Waals surface area (Å²) in [6, 6.07) is 3.33. The highest BCUT2D eigenvalue weighted by Gasteiger charge is 2.33. The predicted molar refractivity (Wildman–Crippen MR) is 110 cm³/mol. The van der Waals surface area contributed by atoms with Crippen LogP contribution in [0.1, 0.15) is 42.5 Å². The van der Waals surface area contributed by atoms with Crippen molar-refractivity contribution in [3.63, 3.8) is 0 Å². The number of fused-ring (bicyclic) bond motifs is 1. The molecule has 1 saturated heterocycles. The molecule has 0 atom stereocenters. The average Bonchev–Trinajstić information content (AvgIpc) is 2.99. The van der Waals surface area contributed by atoms with Gasteiger partial charge in [0.15, 0.2) is 11.5 Å². The summed E-state index contributed by atoms with van der Waals surface area (Å²) in [6.07, 6.45) is 2.90. The van der Waals surface area contributed by atoms with Crippen LogP contribution in [0.2, 0.25) is 0 Å². The van der Waals surface area contributed by atoms with E-state index in [1.54, 1.807) is 19.2 Å². The van der Waals surface area contributed by atoms with E-state index in [0.29, 0.717) is 74.8 Å². The Labute approximate surface area is 176 Å². The zero-order valence-corrected chi connectivity index (χ0v) is 17.4. The number of amides is 2. The highest BCUT2D eigenvalue weighted by molar-refractivity contribution is 5.98. The number of piperidine rings is 1. The van der Waals surface area contributed by atoms with E-state index in [4.69, 9.17) is 19.9 Å². The molecular formula is C21H31N3O6. The summed E-state index contributed by atoms with van der Waals surface area (Å²) in [5.41, 5.74) is 4.57. The van der Waals surface area contributed by atoms with Crippen molar-refractivity contribution in [3.8, 4) is 17.2 Å². The molecule has 9 heteroatoms. The quantitative estimate of drug-likeness (QED) is 0.564. The van der Waals surface area contributed by atoms with E-state index in [0.717, 1.165) is 13.0 Å². The van der Waals surface area contributed by atoms with Gasteiger partial charge in [0.2, 0.25) is 11.7 Å². The van der Waals surface area contributed by atoms with Crippen molar-refractivity contribution in [2.45, 2.75) is 37.7 Å². The molecule has 0 saturated carbocycles. The lowest BCUT2D eigenvalue weighted by atomic mass is 9.91. The van der Waals surface area contributed by atoms with Crippen LogP contribution in [0.15, 0.2) is 12.1 Å². The number of rotatable bonds is 8. The zero-order chi connectivity index (χ0) is 21.6. The third-order valence-electron chi connectivity index (χ3n) is 5.58. The Morgan fingerprint density at radius 3 is 2.60 bits per heavy atom. The van der Waals surface area contributed by atoms with Crippen molar-refractivity contribution >= 4 is 11.8 Å².